The third-order valence-corrected chi connectivity index (χ3v) is 5.60. The highest BCUT2D eigenvalue weighted by Crippen LogP contribution is 2.28. The number of rotatable bonds is 6. The van der Waals surface area contributed by atoms with E-state index in [1.807, 2.05) is 37.7 Å². The molecule has 1 heterocycles. The summed E-state index contributed by atoms with van der Waals surface area (Å²) in [5.74, 6) is 0. The Morgan fingerprint density at radius 3 is 2.61 bits per heavy atom. The van der Waals surface area contributed by atoms with Gasteiger partial charge in [0.15, 0.2) is 0 Å². The molecule has 1 aromatic heterocycles. The van der Waals surface area contributed by atoms with E-state index in [-0.39, 0.29) is 0 Å². The maximum Gasteiger partial charge on any atom is 0.0991 e. The molecule has 0 aliphatic rings. The van der Waals surface area contributed by atoms with E-state index in [9.17, 15) is 0 Å². The van der Waals surface area contributed by atoms with Crippen molar-refractivity contribution >= 4 is 23.4 Å². The number of benzene rings is 2. The minimum absolute atomic E-state index is 0.665. The van der Waals surface area contributed by atoms with E-state index >= 15 is 0 Å². The number of hydrogen-bond donors (Lipinski definition) is 0. The summed E-state index contributed by atoms with van der Waals surface area (Å²) in [6.45, 7) is 7.27. The molecule has 0 unspecified atom stereocenters. The molecular formula is C23H24N4S. The van der Waals surface area contributed by atoms with Crippen LogP contribution >= 0.6 is 11.3 Å². The average Bonchev–Trinajstić information content (AvgIpc) is 3.17. The minimum atomic E-state index is 0.665. The molecule has 5 heteroatoms. The van der Waals surface area contributed by atoms with Crippen molar-refractivity contribution in [2.75, 3.05) is 13.6 Å². The first kappa shape index (κ1) is 19.8. The number of aromatic nitrogens is 1. The molecule has 142 valence electrons. The highest BCUT2D eigenvalue weighted by Gasteiger charge is 2.09. The molecule has 0 bridgehead atoms. The third kappa shape index (κ3) is 4.65. The van der Waals surface area contributed by atoms with E-state index in [1.54, 1.807) is 11.3 Å². The molecule has 3 aromatic rings. The van der Waals surface area contributed by atoms with Gasteiger partial charge in [-0.3, -0.25) is 0 Å². The molecule has 0 amide bonds. The van der Waals surface area contributed by atoms with E-state index in [2.05, 4.69) is 54.2 Å². The molecule has 0 atom stereocenters. The van der Waals surface area contributed by atoms with Gasteiger partial charge in [-0.05, 0) is 55.7 Å². The molecule has 0 aliphatic heterocycles. The Labute approximate surface area is 170 Å². The highest BCUT2D eigenvalue weighted by molar-refractivity contribution is 7.10. The molecule has 0 radical (unpaired) electrons. The van der Waals surface area contributed by atoms with E-state index in [0.717, 1.165) is 34.9 Å². The Hall–Kier alpha value is -2.97. The van der Waals surface area contributed by atoms with Gasteiger partial charge in [-0.15, -0.1) is 11.3 Å². The van der Waals surface area contributed by atoms with Crippen LogP contribution in [-0.2, 0) is 6.42 Å². The topological polar surface area (TPSA) is 52.3 Å². The van der Waals surface area contributed by atoms with Crippen LogP contribution in [0.5, 0.6) is 0 Å². The van der Waals surface area contributed by atoms with E-state index in [4.69, 9.17) is 10.2 Å². The van der Waals surface area contributed by atoms with Crippen molar-refractivity contribution in [3.05, 3.63) is 69.0 Å². The van der Waals surface area contributed by atoms with Crippen LogP contribution in [0.3, 0.4) is 0 Å². The van der Waals surface area contributed by atoms with Crippen LogP contribution in [0, 0.1) is 25.2 Å². The second-order valence-corrected chi connectivity index (χ2v) is 7.82. The average molecular weight is 389 g/mol. The Kier molecular flexibility index (Phi) is 6.23. The fourth-order valence-corrected chi connectivity index (χ4v) is 3.66. The van der Waals surface area contributed by atoms with Gasteiger partial charge in [-0.2, -0.15) is 5.26 Å². The van der Waals surface area contributed by atoms with Gasteiger partial charge in [0.25, 0.3) is 0 Å². The largest absolute Gasteiger partial charge is 0.366 e. The molecule has 0 saturated carbocycles. The molecule has 3 rings (SSSR count). The summed E-state index contributed by atoms with van der Waals surface area (Å²) < 4.78 is 0. The van der Waals surface area contributed by atoms with Crippen molar-refractivity contribution in [3.8, 4) is 17.3 Å². The van der Waals surface area contributed by atoms with Crippen molar-refractivity contribution in [1.29, 1.82) is 5.26 Å². The normalized spacial score (nSPS) is 11.0. The zero-order chi connectivity index (χ0) is 20.1. The van der Waals surface area contributed by atoms with Crippen LogP contribution in [0.2, 0.25) is 0 Å². The lowest BCUT2D eigenvalue weighted by Crippen LogP contribution is -2.14. The molecule has 0 spiro atoms. The second kappa shape index (κ2) is 8.81. The first-order valence-electron chi connectivity index (χ1n) is 9.29. The summed E-state index contributed by atoms with van der Waals surface area (Å²) in [6.07, 6.45) is 2.69. The minimum Gasteiger partial charge on any atom is -0.366 e. The molecular weight excluding hydrogens is 364 g/mol. The fourth-order valence-electron chi connectivity index (χ4n) is 2.84. The van der Waals surface area contributed by atoms with Crippen molar-refractivity contribution < 1.29 is 0 Å². The van der Waals surface area contributed by atoms with Gasteiger partial charge in [0.2, 0.25) is 0 Å². The summed E-state index contributed by atoms with van der Waals surface area (Å²) >= 11 is 1.67. The number of nitrogens with zero attached hydrogens (tertiary/aromatic N) is 4. The lowest BCUT2D eigenvalue weighted by molar-refractivity contribution is 0.552. The van der Waals surface area contributed by atoms with Crippen LogP contribution in [0.15, 0.2) is 46.8 Å². The Balaban J connectivity index is 1.78. The summed E-state index contributed by atoms with van der Waals surface area (Å²) in [4.78, 5) is 11.5. The Morgan fingerprint density at radius 1 is 1.18 bits per heavy atom. The smallest absolute Gasteiger partial charge is 0.0991 e. The number of hydrogen-bond acceptors (Lipinski definition) is 4. The van der Waals surface area contributed by atoms with Crippen LogP contribution in [-0.4, -0.2) is 29.8 Å². The number of nitriles is 1. The predicted octanol–water partition coefficient (Wildman–Crippen LogP) is 5.50. The van der Waals surface area contributed by atoms with Crippen LogP contribution in [0.25, 0.3) is 11.3 Å². The highest BCUT2D eigenvalue weighted by atomic mass is 32.1. The van der Waals surface area contributed by atoms with Crippen molar-refractivity contribution in [2.45, 2.75) is 27.2 Å². The van der Waals surface area contributed by atoms with E-state index in [1.165, 1.54) is 16.7 Å². The van der Waals surface area contributed by atoms with Gasteiger partial charge >= 0.3 is 0 Å². The van der Waals surface area contributed by atoms with Gasteiger partial charge in [0.05, 0.1) is 34.4 Å². The summed E-state index contributed by atoms with van der Waals surface area (Å²) in [6, 6.07) is 14.1. The monoisotopic (exact) mass is 388 g/mol. The first-order chi connectivity index (χ1) is 13.5. The zero-order valence-electron chi connectivity index (χ0n) is 16.7. The molecule has 0 aliphatic carbocycles. The van der Waals surface area contributed by atoms with E-state index in [0.29, 0.717) is 5.56 Å². The number of thiazole rings is 1. The molecule has 0 N–H and O–H groups in total. The molecule has 2 aromatic carbocycles. The van der Waals surface area contributed by atoms with Crippen molar-refractivity contribution in [1.82, 2.24) is 9.88 Å². The lowest BCUT2D eigenvalue weighted by atomic mass is 10.0. The zero-order valence-corrected chi connectivity index (χ0v) is 17.5. The van der Waals surface area contributed by atoms with Crippen molar-refractivity contribution in [3.63, 3.8) is 0 Å². The van der Waals surface area contributed by atoms with Gasteiger partial charge in [0, 0.05) is 31.0 Å². The fraction of sp³-hybridized carbons (Fsp3) is 0.261. The second-order valence-electron chi connectivity index (χ2n) is 6.88. The molecule has 28 heavy (non-hydrogen) atoms. The first-order valence-corrected chi connectivity index (χ1v) is 10.2. The molecule has 4 nitrogen and oxygen atoms in total. The molecule has 0 fully saturated rings. The van der Waals surface area contributed by atoms with Crippen LogP contribution in [0.1, 0.15) is 34.2 Å². The Morgan fingerprint density at radius 2 is 1.93 bits per heavy atom. The summed E-state index contributed by atoms with van der Waals surface area (Å²) in [7, 11) is 2.02. The summed E-state index contributed by atoms with van der Waals surface area (Å²) in [5.41, 5.74) is 7.36. The quantitative estimate of drug-likeness (QED) is 0.414. The van der Waals surface area contributed by atoms with E-state index < -0.39 is 0 Å². The van der Waals surface area contributed by atoms with Crippen molar-refractivity contribution in [2.24, 2.45) is 4.99 Å². The maximum atomic E-state index is 8.93. The Bertz CT molecular complexity index is 1030. The molecule has 0 saturated heterocycles. The maximum absolute atomic E-state index is 8.93. The van der Waals surface area contributed by atoms with Gasteiger partial charge in [-0.25, -0.2) is 9.98 Å². The lowest BCUT2D eigenvalue weighted by Gasteiger charge is -2.11. The third-order valence-electron chi connectivity index (χ3n) is 4.75. The number of aryl methyl sites for hydroxylation is 2. The summed E-state index contributed by atoms with van der Waals surface area (Å²) in [5, 5.41) is 12.1. The van der Waals surface area contributed by atoms with Crippen LogP contribution in [0.4, 0.5) is 5.69 Å². The SMILES string of the molecule is CCN(C)C=Nc1cc(C)c(Cc2nc(-c3ccc(C#N)cc3)cs2)cc1C. The van der Waals surface area contributed by atoms with Gasteiger partial charge < -0.3 is 4.90 Å². The van der Waals surface area contributed by atoms with Gasteiger partial charge in [-0.1, -0.05) is 18.2 Å². The van der Waals surface area contributed by atoms with Crippen LogP contribution < -0.4 is 0 Å². The predicted molar refractivity (Wildman–Crippen MR) is 117 cm³/mol. The number of aliphatic imine (C=N–C) groups is 1. The standard InChI is InChI=1S/C23H24N4S/c1-5-27(4)15-25-21-11-16(2)20(10-17(21)3)12-23-26-22(14-28-23)19-8-6-18(13-24)7-9-19/h6-11,14-15H,5,12H2,1-4H3. The van der Waals surface area contributed by atoms with Gasteiger partial charge in [0.1, 0.15) is 0 Å².